The predicted molar refractivity (Wildman–Crippen MR) is 72.2 cm³/mol. The van der Waals surface area contributed by atoms with Crippen molar-refractivity contribution in [2.24, 2.45) is 0 Å². The number of benzene rings is 1. The molecule has 0 saturated carbocycles. The van der Waals surface area contributed by atoms with Crippen molar-refractivity contribution in [3.63, 3.8) is 0 Å². The van der Waals surface area contributed by atoms with Gasteiger partial charge in [0.1, 0.15) is 0 Å². The van der Waals surface area contributed by atoms with Gasteiger partial charge in [-0.2, -0.15) is 0 Å². The Hall–Kier alpha value is -1.85. The zero-order valence-electron chi connectivity index (χ0n) is 10.1. The molecule has 2 aromatic rings. The van der Waals surface area contributed by atoms with Crippen LogP contribution >= 0.6 is 0 Å². The topological polar surface area (TPSA) is 63.4 Å². The van der Waals surface area contributed by atoms with Crippen LogP contribution in [-0.2, 0) is 4.74 Å². The highest BCUT2D eigenvalue weighted by molar-refractivity contribution is 6.00. The van der Waals surface area contributed by atoms with Gasteiger partial charge in [0.2, 0.25) is 0 Å². The number of hydrogen-bond donors (Lipinski definition) is 2. The Morgan fingerprint density at radius 3 is 2.83 bits per heavy atom. The van der Waals surface area contributed by atoms with Crippen LogP contribution in [-0.4, -0.2) is 36.3 Å². The second-order valence-corrected chi connectivity index (χ2v) is 4.33. The second-order valence-electron chi connectivity index (χ2n) is 4.33. The van der Waals surface area contributed by atoms with Gasteiger partial charge in [0.15, 0.2) is 0 Å². The van der Waals surface area contributed by atoms with E-state index in [0.29, 0.717) is 0 Å². The van der Waals surface area contributed by atoms with Crippen LogP contribution in [0.5, 0.6) is 0 Å². The molecular weight excluding hydrogens is 228 g/mol. The molecule has 0 amide bonds. The van der Waals surface area contributed by atoms with Crippen molar-refractivity contribution >= 4 is 22.1 Å². The minimum absolute atomic E-state index is 0.762. The molecule has 0 bridgehead atoms. The molecule has 94 valence electrons. The monoisotopic (exact) mass is 244 g/mol. The quantitative estimate of drug-likeness (QED) is 0.783. The van der Waals surface area contributed by atoms with Crippen molar-refractivity contribution in [1.29, 1.82) is 0 Å². The number of ether oxygens (including phenoxy) is 1. The van der Waals surface area contributed by atoms with Crippen LogP contribution in [0.15, 0.2) is 30.6 Å². The van der Waals surface area contributed by atoms with Crippen LogP contribution in [0.2, 0.25) is 0 Å². The van der Waals surface area contributed by atoms with Crippen LogP contribution in [0.25, 0.3) is 10.8 Å². The van der Waals surface area contributed by atoms with Crippen molar-refractivity contribution in [3.05, 3.63) is 30.6 Å². The molecule has 5 nitrogen and oxygen atoms in total. The summed E-state index contributed by atoms with van der Waals surface area (Å²) in [6.45, 7) is 3.29. The molecule has 2 heterocycles. The first-order chi connectivity index (χ1) is 8.84. The molecule has 1 aliphatic rings. The van der Waals surface area contributed by atoms with Gasteiger partial charge in [0.05, 0.1) is 18.9 Å². The molecule has 0 spiro atoms. The zero-order chi connectivity index (χ0) is 12.4. The number of anilines is 2. The van der Waals surface area contributed by atoms with Gasteiger partial charge in [-0.05, 0) is 18.2 Å². The number of morpholine rings is 1. The fourth-order valence-corrected chi connectivity index (χ4v) is 2.16. The number of nitrogens with zero attached hydrogens (tertiary/aromatic N) is 2. The molecule has 5 heteroatoms. The smallest absolute Gasteiger partial charge is 0.0612 e. The van der Waals surface area contributed by atoms with E-state index in [9.17, 15) is 0 Å². The molecule has 3 N–H and O–H groups in total. The largest absolute Gasteiger partial charge is 0.398 e. The Morgan fingerprint density at radius 2 is 2.00 bits per heavy atom. The maximum atomic E-state index is 5.97. The Labute approximate surface area is 106 Å². The number of nitrogens with one attached hydrogen (secondary N) is 1. The lowest BCUT2D eigenvalue weighted by Gasteiger charge is -2.28. The third kappa shape index (κ3) is 2.10. The van der Waals surface area contributed by atoms with E-state index in [1.165, 1.54) is 0 Å². The lowest BCUT2D eigenvalue weighted by atomic mass is 10.1. The van der Waals surface area contributed by atoms with Crippen molar-refractivity contribution in [1.82, 2.24) is 9.99 Å². The highest BCUT2D eigenvalue weighted by Crippen LogP contribution is 2.27. The molecule has 0 atom stereocenters. The highest BCUT2D eigenvalue weighted by atomic mass is 16.5. The van der Waals surface area contributed by atoms with Gasteiger partial charge < -0.3 is 15.9 Å². The molecule has 3 rings (SSSR count). The maximum absolute atomic E-state index is 5.97. The SMILES string of the molecule is Nc1ccc(NN2CCOCC2)c2cnccc12. The molecule has 0 radical (unpaired) electrons. The van der Waals surface area contributed by atoms with Gasteiger partial charge in [-0.1, -0.05) is 0 Å². The molecule has 1 aromatic carbocycles. The first-order valence-corrected chi connectivity index (χ1v) is 6.06. The number of rotatable bonds is 2. The van der Waals surface area contributed by atoms with Crippen LogP contribution in [0.3, 0.4) is 0 Å². The average molecular weight is 244 g/mol. The van der Waals surface area contributed by atoms with Gasteiger partial charge >= 0.3 is 0 Å². The lowest BCUT2D eigenvalue weighted by molar-refractivity contribution is 0.0497. The van der Waals surface area contributed by atoms with Crippen LogP contribution in [0, 0.1) is 0 Å². The summed E-state index contributed by atoms with van der Waals surface area (Å²) in [6, 6.07) is 5.86. The Balaban J connectivity index is 1.94. The van der Waals surface area contributed by atoms with E-state index in [0.717, 1.165) is 48.5 Å². The first kappa shape index (κ1) is 11.3. The van der Waals surface area contributed by atoms with Gasteiger partial charge in [-0.3, -0.25) is 4.98 Å². The average Bonchev–Trinajstić information content (AvgIpc) is 2.44. The second kappa shape index (κ2) is 4.80. The molecule has 1 aliphatic heterocycles. The third-order valence-corrected chi connectivity index (χ3v) is 3.14. The summed E-state index contributed by atoms with van der Waals surface area (Å²) in [6.07, 6.45) is 3.60. The van der Waals surface area contributed by atoms with E-state index < -0.39 is 0 Å². The molecule has 0 unspecified atom stereocenters. The Morgan fingerprint density at radius 1 is 1.17 bits per heavy atom. The van der Waals surface area contributed by atoms with Crippen molar-refractivity contribution < 1.29 is 4.74 Å². The van der Waals surface area contributed by atoms with Crippen molar-refractivity contribution in [2.75, 3.05) is 37.5 Å². The van der Waals surface area contributed by atoms with Crippen molar-refractivity contribution in [3.8, 4) is 0 Å². The standard InChI is InChI=1S/C13H16N4O/c14-12-1-2-13(11-9-15-4-3-10(11)12)16-17-5-7-18-8-6-17/h1-4,9,16H,5-8,14H2. The predicted octanol–water partition coefficient (Wildman–Crippen LogP) is 1.48. The lowest BCUT2D eigenvalue weighted by Crippen LogP contribution is -2.40. The zero-order valence-corrected chi connectivity index (χ0v) is 10.1. The number of fused-ring (bicyclic) bond motifs is 1. The van der Waals surface area contributed by atoms with E-state index in [2.05, 4.69) is 15.4 Å². The number of nitrogen functional groups attached to an aromatic ring is 1. The Kier molecular flexibility index (Phi) is 3.00. The van der Waals surface area contributed by atoms with Crippen LogP contribution in [0.1, 0.15) is 0 Å². The molecular formula is C13H16N4O. The normalized spacial score (nSPS) is 16.9. The van der Waals surface area contributed by atoms with Crippen LogP contribution in [0.4, 0.5) is 11.4 Å². The van der Waals surface area contributed by atoms with E-state index in [1.807, 2.05) is 24.4 Å². The minimum atomic E-state index is 0.762. The summed E-state index contributed by atoms with van der Waals surface area (Å²) in [5.74, 6) is 0. The fraction of sp³-hybridized carbons (Fsp3) is 0.308. The number of aromatic nitrogens is 1. The van der Waals surface area contributed by atoms with E-state index in [1.54, 1.807) is 6.20 Å². The van der Waals surface area contributed by atoms with E-state index >= 15 is 0 Å². The third-order valence-electron chi connectivity index (χ3n) is 3.14. The van der Waals surface area contributed by atoms with Gasteiger partial charge in [0.25, 0.3) is 0 Å². The number of pyridine rings is 1. The molecule has 1 fully saturated rings. The summed E-state index contributed by atoms with van der Waals surface area (Å²) < 4.78 is 5.33. The molecule has 0 aliphatic carbocycles. The van der Waals surface area contributed by atoms with Gasteiger partial charge in [0, 0.05) is 41.9 Å². The molecule has 1 saturated heterocycles. The maximum Gasteiger partial charge on any atom is 0.0612 e. The summed E-state index contributed by atoms with van der Waals surface area (Å²) in [7, 11) is 0. The summed E-state index contributed by atoms with van der Waals surface area (Å²) in [5, 5.41) is 4.23. The van der Waals surface area contributed by atoms with E-state index in [4.69, 9.17) is 10.5 Å². The van der Waals surface area contributed by atoms with Gasteiger partial charge in [-0.15, -0.1) is 0 Å². The summed E-state index contributed by atoms with van der Waals surface area (Å²) in [5.41, 5.74) is 11.2. The molecule has 1 aromatic heterocycles. The first-order valence-electron chi connectivity index (χ1n) is 6.06. The van der Waals surface area contributed by atoms with Crippen molar-refractivity contribution in [2.45, 2.75) is 0 Å². The van der Waals surface area contributed by atoms with Gasteiger partial charge in [-0.25, -0.2) is 5.01 Å². The fourth-order valence-electron chi connectivity index (χ4n) is 2.16. The molecule has 18 heavy (non-hydrogen) atoms. The number of hydrazine groups is 1. The summed E-state index contributed by atoms with van der Waals surface area (Å²) >= 11 is 0. The van der Waals surface area contributed by atoms with E-state index in [-0.39, 0.29) is 0 Å². The minimum Gasteiger partial charge on any atom is -0.398 e. The summed E-state index contributed by atoms with van der Waals surface area (Å²) in [4.78, 5) is 4.17. The Bertz CT molecular complexity index is 552. The highest BCUT2D eigenvalue weighted by Gasteiger charge is 2.11. The number of nitrogens with two attached hydrogens (primary N) is 1. The number of hydrogen-bond acceptors (Lipinski definition) is 5. The van der Waals surface area contributed by atoms with Crippen LogP contribution < -0.4 is 11.2 Å².